The van der Waals surface area contributed by atoms with Crippen LogP contribution >= 0.6 is 11.6 Å². The molecule has 4 rings (SSSR count). The second-order valence-electron chi connectivity index (χ2n) is 9.19. The summed E-state index contributed by atoms with van der Waals surface area (Å²) in [5.74, 6) is -1.26. The number of ether oxygens (including phenoxy) is 2. The van der Waals surface area contributed by atoms with Gasteiger partial charge in [0.25, 0.3) is 5.91 Å². The van der Waals surface area contributed by atoms with Crippen molar-refractivity contribution in [2.24, 2.45) is 0 Å². The van der Waals surface area contributed by atoms with E-state index in [4.69, 9.17) is 21.1 Å². The SMILES string of the molecule is CN[C@@H]1CCN(C(=O)C(COCc2ccccc2)NC(=O)c2cccnc2Oc2ccc(C(F)(F)F)cc2Cl)C1. The number of carbonyl (C=O) groups is 2. The Kier molecular flexibility index (Phi) is 9.62. The lowest BCUT2D eigenvalue weighted by molar-refractivity contribution is -0.137. The van der Waals surface area contributed by atoms with E-state index in [0.29, 0.717) is 13.1 Å². The Bertz CT molecular complexity index is 1330. The highest BCUT2D eigenvalue weighted by Crippen LogP contribution is 2.36. The minimum atomic E-state index is -4.58. The summed E-state index contributed by atoms with van der Waals surface area (Å²) in [4.78, 5) is 32.5. The van der Waals surface area contributed by atoms with Gasteiger partial charge in [-0.2, -0.15) is 13.2 Å². The number of amides is 2. The fraction of sp³-hybridized carbons (Fsp3) is 0.321. The maximum Gasteiger partial charge on any atom is 0.416 e. The zero-order chi connectivity index (χ0) is 28.7. The molecular weight excluding hydrogens is 549 g/mol. The van der Waals surface area contributed by atoms with Gasteiger partial charge in [0.05, 0.1) is 23.8 Å². The van der Waals surface area contributed by atoms with Crippen molar-refractivity contribution < 1.29 is 32.2 Å². The van der Waals surface area contributed by atoms with Crippen molar-refractivity contribution in [1.82, 2.24) is 20.5 Å². The molecule has 0 aliphatic carbocycles. The molecule has 8 nitrogen and oxygen atoms in total. The lowest BCUT2D eigenvalue weighted by Crippen LogP contribution is -2.51. The molecule has 1 unspecified atom stereocenters. The van der Waals surface area contributed by atoms with Gasteiger partial charge < -0.3 is 25.0 Å². The number of carbonyl (C=O) groups excluding carboxylic acids is 2. The molecule has 2 aromatic carbocycles. The fourth-order valence-electron chi connectivity index (χ4n) is 4.21. The van der Waals surface area contributed by atoms with Crippen LogP contribution in [-0.4, -0.2) is 60.5 Å². The van der Waals surface area contributed by atoms with Gasteiger partial charge in [0.2, 0.25) is 11.8 Å². The van der Waals surface area contributed by atoms with Crippen molar-refractivity contribution in [1.29, 1.82) is 0 Å². The van der Waals surface area contributed by atoms with Crippen molar-refractivity contribution in [3.05, 3.63) is 88.6 Å². The molecule has 1 aliphatic rings. The van der Waals surface area contributed by atoms with Crippen molar-refractivity contribution in [3.8, 4) is 11.6 Å². The normalized spacial score (nSPS) is 16.0. The minimum Gasteiger partial charge on any atom is -0.437 e. The van der Waals surface area contributed by atoms with Crippen LogP contribution in [0.3, 0.4) is 0 Å². The smallest absolute Gasteiger partial charge is 0.416 e. The Morgan fingerprint density at radius 3 is 2.60 bits per heavy atom. The van der Waals surface area contributed by atoms with E-state index < -0.39 is 23.7 Å². The first-order chi connectivity index (χ1) is 19.2. The third kappa shape index (κ3) is 7.50. The third-order valence-electron chi connectivity index (χ3n) is 6.39. The topological polar surface area (TPSA) is 92.8 Å². The number of alkyl halides is 3. The number of hydrogen-bond acceptors (Lipinski definition) is 6. The molecular formula is C28H28ClF3N4O4. The van der Waals surface area contributed by atoms with Crippen LogP contribution in [0.15, 0.2) is 66.9 Å². The Morgan fingerprint density at radius 1 is 1.15 bits per heavy atom. The molecule has 0 radical (unpaired) electrons. The standard InChI is InChI=1S/C28H28ClF3N4O4/c1-33-20-11-13-36(15-20)27(38)23(17-39-16-18-6-3-2-4-7-18)35-25(37)21-8-5-12-34-26(21)40-24-10-9-19(14-22(24)29)28(30,31)32/h2-10,12,14,20,23,33H,11,13,15-17H2,1H3,(H,35,37)/t20-,23?/m1/s1. The Hall–Kier alpha value is -3.67. The summed E-state index contributed by atoms with van der Waals surface area (Å²) >= 11 is 6.02. The molecule has 1 saturated heterocycles. The average molecular weight is 577 g/mol. The summed E-state index contributed by atoms with van der Waals surface area (Å²) in [6.45, 7) is 1.19. The first-order valence-corrected chi connectivity index (χ1v) is 12.9. The summed E-state index contributed by atoms with van der Waals surface area (Å²) in [6.07, 6.45) is -2.44. The van der Waals surface area contributed by atoms with Gasteiger partial charge in [-0.25, -0.2) is 4.98 Å². The van der Waals surface area contributed by atoms with Crippen LogP contribution < -0.4 is 15.4 Å². The second-order valence-corrected chi connectivity index (χ2v) is 9.59. The monoisotopic (exact) mass is 576 g/mol. The van der Waals surface area contributed by atoms with Gasteiger partial charge >= 0.3 is 6.18 Å². The Morgan fingerprint density at radius 2 is 1.93 bits per heavy atom. The summed E-state index contributed by atoms with van der Waals surface area (Å²) in [7, 11) is 1.83. The molecule has 1 fully saturated rings. The molecule has 3 aromatic rings. The van der Waals surface area contributed by atoms with Crippen molar-refractivity contribution in [2.45, 2.75) is 31.3 Å². The number of nitrogens with one attached hydrogen (secondary N) is 2. The number of likely N-dealkylation sites (tertiary alicyclic amines) is 1. The third-order valence-corrected chi connectivity index (χ3v) is 6.68. The Labute approximate surface area is 234 Å². The van der Waals surface area contributed by atoms with Gasteiger partial charge in [-0.3, -0.25) is 9.59 Å². The van der Waals surface area contributed by atoms with Crippen molar-refractivity contribution in [3.63, 3.8) is 0 Å². The van der Waals surface area contributed by atoms with Gasteiger partial charge in [-0.15, -0.1) is 0 Å². The van der Waals surface area contributed by atoms with Gasteiger partial charge in [0, 0.05) is 25.3 Å². The molecule has 2 amide bonds. The van der Waals surface area contributed by atoms with E-state index in [1.807, 2.05) is 37.4 Å². The van der Waals surface area contributed by atoms with Gasteiger partial charge in [-0.05, 0) is 49.4 Å². The number of nitrogens with zero attached hydrogens (tertiary/aromatic N) is 2. The quantitative estimate of drug-likeness (QED) is 0.364. The first-order valence-electron chi connectivity index (χ1n) is 12.5. The van der Waals surface area contributed by atoms with Crippen LogP contribution in [-0.2, 0) is 22.3 Å². The molecule has 0 saturated carbocycles. The number of pyridine rings is 1. The van der Waals surface area contributed by atoms with Crippen molar-refractivity contribution >= 4 is 23.4 Å². The number of likely N-dealkylation sites (N-methyl/N-ethyl adjacent to an activating group) is 1. The zero-order valence-corrected chi connectivity index (χ0v) is 22.3. The highest BCUT2D eigenvalue weighted by atomic mass is 35.5. The molecule has 0 spiro atoms. The molecule has 2 heterocycles. The van der Waals surface area contributed by atoms with Crippen LogP contribution in [0.1, 0.15) is 27.9 Å². The van der Waals surface area contributed by atoms with E-state index in [2.05, 4.69) is 15.6 Å². The predicted octanol–water partition coefficient (Wildman–Crippen LogP) is 4.68. The maximum absolute atomic E-state index is 13.4. The summed E-state index contributed by atoms with van der Waals surface area (Å²) in [6, 6.07) is 14.1. The van der Waals surface area contributed by atoms with Crippen LogP contribution in [0.25, 0.3) is 0 Å². The maximum atomic E-state index is 13.4. The summed E-state index contributed by atoms with van der Waals surface area (Å²) < 4.78 is 50.5. The van der Waals surface area contributed by atoms with E-state index >= 15 is 0 Å². The average Bonchev–Trinajstić information content (AvgIpc) is 3.43. The highest BCUT2D eigenvalue weighted by molar-refractivity contribution is 6.32. The fourth-order valence-corrected chi connectivity index (χ4v) is 4.42. The Balaban J connectivity index is 1.51. The van der Waals surface area contributed by atoms with Gasteiger partial charge in [0.1, 0.15) is 17.4 Å². The number of aromatic nitrogens is 1. The molecule has 2 atom stereocenters. The summed E-state index contributed by atoms with van der Waals surface area (Å²) in [5, 5.41) is 5.57. The zero-order valence-electron chi connectivity index (χ0n) is 21.6. The van der Waals surface area contributed by atoms with E-state index in [9.17, 15) is 22.8 Å². The minimum absolute atomic E-state index is 0.0335. The lowest BCUT2D eigenvalue weighted by atomic mass is 10.2. The van der Waals surface area contributed by atoms with E-state index in [1.165, 1.54) is 18.3 Å². The predicted molar refractivity (Wildman–Crippen MR) is 142 cm³/mol. The first kappa shape index (κ1) is 29.3. The number of rotatable bonds is 10. The molecule has 12 heteroatoms. The summed E-state index contributed by atoms with van der Waals surface area (Å²) in [5.41, 5.74) is -0.0650. The van der Waals surface area contributed by atoms with E-state index in [-0.39, 0.29) is 47.4 Å². The molecule has 40 heavy (non-hydrogen) atoms. The van der Waals surface area contributed by atoms with E-state index in [0.717, 1.165) is 30.2 Å². The molecule has 1 aromatic heterocycles. The van der Waals surface area contributed by atoms with Crippen LogP contribution in [0.5, 0.6) is 11.6 Å². The number of hydrogen-bond donors (Lipinski definition) is 2. The van der Waals surface area contributed by atoms with E-state index in [1.54, 1.807) is 4.90 Å². The number of benzene rings is 2. The van der Waals surface area contributed by atoms with Crippen LogP contribution in [0.2, 0.25) is 5.02 Å². The molecule has 1 aliphatic heterocycles. The molecule has 0 bridgehead atoms. The highest BCUT2D eigenvalue weighted by Gasteiger charge is 2.33. The number of halogens is 4. The lowest BCUT2D eigenvalue weighted by Gasteiger charge is -2.25. The van der Waals surface area contributed by atoms with Crippen molar-refractivity contribution in [2.75, 3.05) is 26.7 Å². The van der Waals surface area contributed by atoms with Crippen LogP contribution in [0, 0.1) is 0 Å². The van der Waals surface area contributed by atoms with Gasteiger partial charge in [-0.1, -0.05) is 41.9 Å². The molecule has 212 valence electrons. The largest absolute Gasteiger partial charge is 0.437 e. The second kappa shape index (κ2) is 13.1. The molecule has 2 N–H and O–H groups in total. The van der Waals surface area contributed by atoms with Crippen LogP contribution in [0.4, 0.5) is 13.2 Å². The van der Waals surface area contributed by atoms with Gasteiger partial charge in [0.15, 0.2) is 0 Å².